The molecule has 1 aliphatic rings. The molecular formula is C37H31N3. The highest BCUT2D eigenvalue weighted by molar-refractivity contribution is 6.01. The first kappa shape index (κ1) is 26.2. The van der Waals surface area contributed by atoms with E-state index in [-0.39, 0.29) is 0 Å². The molecule has 0 aliphatic carbocycles. The maximum absolute atomic E-state index is 5.50. The zero-order valence-corrected chi connectivity index (χ0v) is 22.4. The standard InChI is InChI=1S/C36H28N2.CH3N/c1-2-29(17-13-16-28-14-5-3-6-15-28)30-24-26-32(27-25-30)38-35-22-11-9-20-33(35)37(31-18-7-4-8-19-31)34-21-10-12-23-36(34)38;1-2/h3-15,17-27H,1,16H2;2H,1H2/b17-13-;. The van der Waals surface area contributed by atoms with Crippen LogP contribution in [0.3, 0.4) is 0 Å². The number of hydrogen-bond acceptors (Lipinski definition) is 3. The Hall–Kier alpha value is -5.37. The van der Waals surface area contributed by atoms with Crippen molar-refractivity contribution in [1.29, 1.82) is 5.41 Å². The zero-order chi connectivity index (χ0) is 27.7. The lowest BCUT2D eigenvalue weighted by atomic mass is 10.0. The highest BCUT2D eigenvalue weighted by Crippen LogP contribution is 2.53. The van der Waals surface area contributed by atoms with Gasteiger partial charge in [0.05, 0.1) is 22.7 Å². The van der Waals surface area contributed by atoms with E-state index in [0.29, 0.717) is 0 Å². The lowest BCUT2D eigenvalue weighted by Crippen LogP contribution is -2.23. The summed E-state index contributed by atoms with van der Waals surface area (Å²) >= 11 is 0. The number of fused-ring (bicyclic) bond motifs is 2. The van der Waals surface area contributed by atoms with E-state index in [0.717, 1.165) is 51.7 Å². The molecule has 0 saturated carbocycles. The number of allylic oxidation sites excluding steroid dienone is 3. The van der Waals surface area contributed by atoms with Gasteiger partial charge in [-0.2, -0.15) is 0 Å². The molecule has 0 unspecified atom stereocenters. The molecule has 1 heterocycles. The van der Waals surface area contributed by atoms with Gasteiger partial charge >= 0.3 is 0 Å². The molecule has 0 saturated heterocycles. The Morgan fingerprint density at radius 2 is 1.00 bits per heavy atom. The largest absolute Gasteiger partial charge is 0.317 e. The minimum atomic E-state index is 0.878. The third-order valence-electron chi connectivity index (χ3n) is 6.85. The summed E-state index contributed by atoms with van der Waals surface area (Å²) in [5.41, 5.74) is 13.3. The second kappa shape index (κ2) is 12.4. The molecule has 194 valence electrons. The summed E-state index contributed by atoms with van der Waals surface area (Å²) in [6, 6.07) is 46.9. The summed E-state index contributed by atoms with van der Waals surface area (Å²) in [5, 5.41) is 5.50. The van der Waals surface area contributed by atoms with E-state index in [1.165, 1.54) is 5.56 Å². The van der Waals surface area contributed by atoms with Crippen LogP contribution in [0, 0.1) is 5.41 Å². The molecule has 5 aromatic carbocycles. The van der Waals surface area contributed by atoms with Gasteiger partial charge in [-0.05, 0) is 72.8 Å². The van der Waals surface area contributed by atoms with Gasteiger partial charge in [0.2, 0.25) is 0 Å². The molecule has 3 heteroatoms. The molecule has 1 N–H and O–H groups in total. The SMILES string of the molecule is C=C=C(/C=C\Cc1ccccc1)c1ccc(N2c3ccccc3N(c3ccccc3)c3ccccc32)cc1.C=N. The molecule has 0 atom stereocenters. The Morgan fingerprint density at radius 3 is 1.48 bits per heavy atom. The predicted molar refractivity (Wildman–Crippen MR) is 171 cm³/mol. The number of anilines is 6. The van der Waals surface area contributed by atoms with Crippen LogP contribution in [0.5, 0.6) is 0 Å². The molecule has 5 aromatic rings. The number of rotatable bonds is 6. The first-order valence-electron chi connectivity index (χ1n) is 13.2. The van der Waals surface area contributed by atoms with Crippen LogP contribution in [-0.4, -0.2) is 6.72 Å². The maximum atomic E-state index is 5.50. The zero-order valence-electron chi connectivity index (χ0n) is 22.4. The number of nitrogens with one attached hydrogen (secondary N) is 1. The monoisotopic (exact) mass is 517 g/mol. The van der Waals surface area contributed by atoms with E-state index in [2.05, 4.69) is 168 Å². The van der Waals surface area contributed by atoms with Gasteiger partial charge in [0.15, 0.2) is 0 Å². The summed E-state index contributed by atoms with van der Waals surface area (Å²) in [6.45, 7) is 6.44. The third kappa shape index (κ3) is 5.28. The van der Waals surface area contributed by atoms with Crippen LogP contribution in [0.4, 0.5) is 34.1 Å². The smallest absolute Gasteiger partial charge is 0.0703 e. The second-order valence-electron chi connectivity index (χ2n) is 9.21. The predicted octanol–water partition coefficient (Wildman–Crippen LogP) is 10.2. The highest BCUT2D eigenvalue weighted by atomic mass is 15.3. The fraction of sp³-hybridized carbons (Fsp3) is 0.0270. The Kier molecular flexibility index (Phi) is 8.17. The lowest BCUT2D eigenvalue weighted by molar-refractivity contribution is 1.17. The summed E-state index contributed by atoms with van der Waals surface area (Å²) in [4.78, 5) is 4.68. The van der Waals surface area contributed by atoms with Crippen molar-refractivity contribution in [3.05, 3.63) is 169 Å². The van der Waals surface area contributed by atoms with E-state index in [9.17, 15) is 0 Å². The number of nitrogens with zero attached hydrogens (tertiary/aromatic N) is 2. The van der Waals surface area contributed by atoms with Crippen molar-refractivity contribution in [2.75, 3.05) is 9.80 Å². The minimum Gasteiger partial charge on any atom is -0.317 e. The first-order valence-corrected chi connectivity index (χ1v) is 13.2. The van der Waals surface area contributed by atoms with Gasteiger partial charge in [-0.3, -0.25) is 0 Å². The normalized spacial score (nSPS) is 11.6. The van der Waals surface area contributed by atoms with Gasteiger partial charge in [0, 0.05) is 16.9 Å². The van der Waals surface area contributed by atoms with Crippen molar-refractivity contribution in [3.8, 4) is 0 Å². The van der Waals surface area contributed by atoms with E-state index in [4.69, 9.17) is 5.41 Å². The average molecular weight is 518 g/mol. The molecule has 0 spiro atoms. The van der Waals surface area contributed by atoms with Crippen molar-refractivity contribution in [3.63, 3.8) is 0 Å². The fourth-order valence-corrected chi connectivity index (χ4v) is 5.05. The van der Waals surface area contributed by atoms with Crippen molar-refractivity contribution in [1.82, 2.24) is 0 Å². The molecule has 0 bridgehead atoms. The van der Waals surface area contributed by atoms with Crippen LogP contribution in [0.25, 0.3) is 5.57 Å². The first-order chi connectivity index (χ1) is 19.8. The van der Waals surface area contributed by atoms with Gasteiger partial charge in [0.25, 0.3) is 0 Å². The molecule has 40 heavy (non-hydrogen) atoms. The second-order valence-corrected chi connectivity index (χ2v) is 9.21. The highest BCUT2D eigenvalue weighted by Gasteiger charge is 2.29. The lowest BCUT2D eigenvalue weighted by Gasteiger charge is -2.40. The van der Waals surface area contributed by atoms with Crippen molar-refractivity contribution in [2.24, 2.45) is 0 Å². The number of para-hydroxylation sites is 5. The maximum Gasteiger partial charge on any atom is 0.0703 e. The van der Waals surface area contributed by atoms with Crippen LogP contribution >= 0.6 is 0 Å². The van der Waals surface area contributed by atoms with Crippen LogP contribution < -0.4 is 9.80 Å². The molecule has 0 amide bonds. The van der Waals surface area contributed by atoms with E-state index >= 15 is 0 Å². The van der Waals surface area contributed by atoms with Crippen LogP contribution in [-0.2, 0) is 6.42 Å². The Morgan fingerprint density at radius 1 is 0.575 bits per heavy atom. The topological polar surface area (TPSA) is 30.3 Å². The van der Waals surface area contributed by atoms with Gasteiger partial charge in [0.1, 0.15) is 0 Å². The summed E-state index contributed by atoms with van der Waals surface area (Å²) in [6.07, 6.45) is 5.16. The molecule has 0 fully saturated rings. The van der Waals surface area contributed by atoms with Crippen LogP contribution in [0.15, 0.2) is 158 Å². The van der Waals surface area contributed by atoms with Crippen LogP contribution in [0.2, 0.25) is 0 Å². The van der Waals surface area contributed by atoms with Crippen molar-refractivity contribution < 1.29 is 0 Å². The molecule has 1 aliphatic heterocycles. The third-order valence-corrected chi connectivity index (χ3v) is 6.85. The number of hydrogen-bond donors (Lipinski definition) is 1. The average Bonchev–Trinajstić information content (AvgIpc) is 3.04. The van der Waals surface area contributed by atoms with E-state index < -0.39 is 0 Å². The minimum absolute atomic E-state index is 0.878. The molecule has 6 rings (SSSR count). The molecular weight excluding hydrogens is 486 g/mol. The number of benzene rings is 5. The Labute approximate surface area is 236 Å². The van der Waals surface area contributed by atoms with Gasteiger partial charge in [-0.15, -0.1) is 5.73 Å². The van der Waals surface area contributed by atoms with Crippen LogP contribution in [0.1, 0.15) is 11.1 Å². The Bertz CT molecular complexity index is 1600. The summed E-state index contributed by atoms with van der Waals surface area (Å²) in [5.74, 6) is 0. The fourth-order valence-electron chi connectivity index (χ4n) is 5.05. The van der Waals surface area contributed by atoms with Gasteiger partial charge in [-0.25, -0.2) is 0 Å². The molecule has 3 nitrogen and oxygen atoms in total. The van der Waals surface area contributed by atoms with Gasteiger partial charge in [-0.1, -0.05) is 104 Å². The van der Waals surface area contributed by atoms with Gasteiger partial charge < -0.3 is 15.2 Å². The molecule has 0 aromatic heterocycles. The quantitative estimate of drug-likeness (QED) is 0.135. The van der Waals surface area contributed by atoms with Crippen molar-refractivity contribution in [2.45, 2.75) is 6.42 Å². The summed E-state index contributed by atoms with van der Waals surface area (Å²) < 4.78 is 0. The van der Waals surface area contributed by atoms with E-state index in [1.54, 1.807) is 0 Å². The summed E-state index contributed by atoms with van der Waals surface area (Å²) in [7, 11) is 0. The van der Waals surface area contributed by atoms with E-state index in [1.807, 2.05) is 6.07 Å². The van der Waals surface area contributed by atoms with Crippen molar-refractivity contribution >= 4 is 46.4 Å². The Balaban J connectivity index is 0.00000158. The molecule has 0 radical (unpaired) electrons.